The summed E-state index contributed by atoms with van der Waals surface area (Å²) in [6.45, 7) is 7.57. The fraction of sp³-hybridized carbons (Fsp3) is 0.647. The summed E-state index contributed by atoms with van der Waals surface area (Å²) < 4.78 is 0. The molecule has 0 unspecified atom stereocenters. The van der Waals surface area contributed by atoms with E-state index in [4.69, 9.17) is 0 Å². The predicted molar refractivity (Wildman–Crippen MR) is 186 cm³/mol. The van der Waals surface area contributed by atoms with Crippen LogP contribution < -0.4 is 16.0 Å². The Morgan fingerprint density at radius 2 is 0.860 bits per heavy atom. The van der Waals surface area contributed by atoms with Crippen LogP contribution in [-0.2, 0) is 19.2 Å². The van der Waals surface area contributed by atoms with Crippen molar-refractivity contribution in [2.75, 3.05) is 98.2 Å². The molecule has 0 radical (unpaired) electrons. The fourth-order valence-electron chi connectivity index (χ4n) is 5.41. The van der Waals surface area contributed by atoms with Crippen LogP contribution >= 0.6 is 0 Å². The first-order chi connectivity index (χ1) is 23.8. The molecule has 0 saturated carbocycles. The van der Waals surface area contributed by atoms with Gasteiger partial charge in [-0.15, -0.1) is 0 Å². The van der Waals surface area contributed by atoms with Crippen LogP contribution in [0.4, 0.5) is 0 Å². The monoisotopic (exact) mass is 705 g/mol. The topological polar surface area (TPSA) is 212 Å². The molecule has 1 fully saturated rings. The van der Waals surface area contributed by atoms with Crippen LogP contribution in [-0.4, -0.2) is 169 Å². The maximum Gasteiger partial charge on any atom is 0.317 e. The first-order valence-corrected chi connectivity index (χ1v) is 17.3. The molecule has 16 heteroatoms. The molecule has 2 rings (SSSR count). The minimum absolute atomic E-state index is 0.0374. The predicted octanol–water partition coefficient (Wildman–Crippen LogP) is -0.0458. The van der Waals surface area contributed by atoms with E-state index in [-0.39, 0.29) is 43.9 Å². The van der Waals surface area contributed by atoms with Gasteiger partial charge in [0.25, 0.3) is 11.8 Å². The van der Waals surface area contributed by atoms with Gasteiger partial charge in [0.1, 0.15) is 0 Å². The van der Waals surface area contributed by atoms with E-state index >= 15 is 0 Å². The highest BCUT2D eigenvalue weighted by Gasteiger charge is 2.21. The van der Waals surface area contributed by atoms with Gasteiger partial charge >= 0.3 is 17.9 Å². The highest BCUT2D eigenvalue weighted by Crippen LogP contribution is 2.07. The van der Waals surface area contributed by atoms with Crippen molar-refractivity contribution < 1.29 is 44.1 Å². The standard InChI is InChI=1S/C34H55N7O9/c1-26(2)6-5-13-37-34(50)28-9-7-27(8-10-28)33(49)36-12-4-3-11-35-29(42)22-38-14-16-39(23-30(43)44)18-20-41(25-32(47)48)21-19-40(17-15-38)24-31(45)46/h7-10,26H,3-6,11-25H2,1-2H3,(H,35,42)(H,36,49)(H,37,50)(H,43,44)(H,45,46)(H,47,48). The zero-order chi connectivity index (χ0) is 36.9. The maximum atomic E-state index is 12.8. The summed E-state index contributed by atoms with van der Waals surface area (Å²) >= 11 is 0. The Morgan fingerprint density at radius 1 is 0.540 bits per heavy atom. The summed E-state index contributed by atoms with van der Waals surface area (Å²) in [5, 5.41) is 36.7. The van der Waals surface area contributed by atoms with Crippen molar-refractivity contribution >= 4 is 35.6 Å². The van der Waals surface area contributed by atoms with Crippen molar-refractivity contribution in [2.45, 2.75) is 39.5 Å². The second-order valence-electron chi connectivity index (χ2n) is 13.0. The molecule has 1 heterocycles. The number of hydrogen-bond donors (Lipinski definition) is 6. The molecule has 6 N–H and O–H groups in total. The lowest BCUT2D eigenvalue weighted by molar-refractivity contribution is -0.140. The van der Waals surface area contributed by atoms with E-state index in [2.05, 4.69) is 29.8 Å². The zero-order valence-corrected chi connectivity index (χ0v) is 29.4. The van der Waals surface area contributed by atoms with E-state index in [0.29, 0.717) is 102 Å². The molecule has 1 aliphatic heterocycles. The van der Waals surface area contributed by atoms with Gasteiger partial charge in [0.05, 0.1) is 26.2 Å². The van der Waals surface area contributed by atoms with E-state index < -0.39 is 17.9 Å². The van der Waals surface area contributed by atoms with Crippen molar-refractivity contribution in [1.82, 2.24) is 35.6 Å². The van der Waals surface area contributed by atoms with Crippen LogP contribution in [0.25, 0.3) is 0 Å². The third-order valence-corrected chi connectivity index (χ3v) is 8.24. The van der Waals surface area contributed by atoms with E-state index in [9.17, 15) is 44.1 Å². The van der Waals surface area contributed by atoms with Crippen molar-refractivity contribution in [3.05, 3.63) is 35.4 Å². The molecular weight excluding hydrogens is 650 g/mol. The lowest BCUT2D eigenvalue weighted by atomic mass is 10.1. The lowest BCUT2D eigenvalue weighted by Gasteiger charge is -2.32. The van der Waals surface area contributed by atoms with E-state index in [0.717, 1.165) is 12.8 Å². The molecule has 1 aromatic carbocycles. The molecule has 0 spiro atoms. The van der Waals surface area contributed by atoms with Gasteiger partial charge in [-0.3, -0.25) is 48.4 Å². The molecule has 1 aliphatic rings. The summed E-state index contributed by atoms with van der Waals surface area (Å²) in [7, 11) is 0. The Labute approximate surface area is 294 Å². The zero-order valence-electron chi connectivity index (χ0n) is 29.4. The number of nitrogens with one attached hydrogen (secondary N) is 3. The SMILES string of the molecule is CC(C)CCCNC(=O)c1ccc(C(=O)NCCCCNC(=O)CN2CCN(CC(=O)O)CCN(CC(=O)O)CCN(CC(=O)O)CC2)cc1. The second-order valence-corrected chi connectivity index (χ2v) is 13.0. The van der Waals surface area contributed by atoms with Gasteiger partial charge in [-0.05, 0) is 55.9 Å². The van der Waals surface area contributed by atoms with Gasteiger partial charge in [0, 0.05) is 83.1 Å². The number of carboxylic acids is 3. The van der Waals surface area contributed by atoms with Gasteiger partial charge < -0.3 is 31.3 Å². The highest BCUT2D eigenvalue weighted by molar-refractivity contribution is 5.97. The summed E-state index contributed by atoms with van der Waals surface area (Å²) in [6.07, 6.45) is 3.19. The van der Waals surface area contributed by atoms with Crippen LogP contribution in [0.2, 0.25) is 0 Å². The number of unbranched alkanes of at least 4 members (excludes halogenated alkanes) is 1. The average molecular weight is 706 g/mol. The van der Waals surface area contributed by atoms with Crippen molar-refractivity contribution in [2.24, 2.45) is 5.92 Å². The minimum atomic E-state index is -1.02. The van der Waals surface area contributed by atoms with Gasteiger partial charge in [-0.2, -0.15) is 0 Å². The minimum Gasteiger partial charge on any atom is -0.480 e. The van der Waals surface area contributed by atoms with E-state index in [1.54, 1.807) is 39.0 Å². The van der Waals surface area contributed by atoms with Gasteiger partial charge in [-0.1, -0.05) is 13.8 Å². The van der Waals surface area contributed by atoms with E-state index in [1.165, 1.54) is 0 Å². The Morgan fingerprint density at radius 3 is 1.20 bits per heavy atom. The summed E-state index contributed by atoms with van der Waals surface area (Å²) in [4.78, 5) is 78.9. The second kappa shape index (κ2) is 23.3. The molecule has 0 atom stereocenters. The molecule has 1 saturated heterocycles. The fourth-order valence-corrected chi connectivity index (χ4v) is 5.41. The molecule has 16 nitrogen and oxygen atoms in total. The smallest absolute Gasteiger partial charge is 0.317 e. The first kappa shape index (κ1) is 42.0. The van der Waals surface area contributed by atoms with Gasteiger partial charge in [0.2, 0.25) is 5.91 Å². The molecule has 0 bridgehead atoms. The summed E-state index contributed by atoms with van der Waals surface area (Å²) in [6, 6.07) is 6.49. The molecule has 1 aromatic rings. The van der Waals surface area contributed by atoms with Gasteiger partial charge in [-0.25, -0.2) is 0 Å². The molecule has 50 heavy (non-hydrogen) atoms. The Bertz CT molecular complexity index is 1210. The third-order valence-electron chi connectivity index (χ3n) is 8.24. The maximum absolute atomic E-state index is 12.8. The number of carbonyl (C=O) groups is 6. The Balaban J connectivity index is 1.80. The van der Waals surface area contributed by atoms with E-state index in [1.807, 2.05) is 4.90 Å². The number of nitrogens with zero attached hydrogens (tertiary/aromatic N) is 4. The molecule has 280 valence electrons. The van der Waals surface area contributed by atoms with Crippen LogP contribution in [0.3, 0.4) is 0 Å². The highest BCUT2D eigenvalue weighted by atomic mass is 16.4. The number of hydrogen-bond acceptors (Lipinski definition) is 10. The number of rotatable bonds is 19. The van der Waals surface area contributed by atoms with Crippen LogP contribution in [0, 0.1) is 5.92 Å². The van der Waals surface area contributed by atoms with Crippen LogP contribution in [0.1, 0.15) is 60.2 Å². The number of carbonyl (C=O) groups excluding carboxylic acids is 3. The normalized spacial score (nSPS) is 15.8. The number of aliphatic carboxylic acids is 3. The number of benzene rings is 1. The Kier molecular flexibility index (Phi) is 19.6. The summed E-state index contributed by atoms with van der Waals surface area (Å²) in [5.41, 5.74) is 0.941. The largest absolute Gasteiger partial charge is 0.480 e. The first-order valence-electron chi connectivity index (χ1n) is 17.3. The molecule has 0 aliphatic carbocycles. The molecule has 0 aromatic heterocycles. The molecule has 3 amide bonds. The Hall–Kier alpha value is -4.12. The van der Waals surface area contributed by atoms with Crippen LogP contribution in [0.5, 0.6) is 0 Å². The lowest BCUT2D eigenvalue weighted by Crippen LogP contribution is -2.49. The third kappa shape index (κ3) is 18.6. The molecular formula is C34H55N7O9. The van der Waals surface area contributed by atoms with Gasteiger partial charge in [0.15, 0.2) is 0 Å². The van der Waals surface area contributed by atoms with Crippen molar-refractivity contribution in [1.29, 1.82) is 0 Å². The van der Waals surface area contributed by atoms with Crippen molar-refractivity contribution in [3.63, 3.8) is 0 Å². The van der Waals surface area contributed by atoms with Crippen LogP contribution in [0.15, 0.2) is 24.3 Å². The summed E-state index contributed by atoms with van der Waals surface area (Å²) in [5.74, 6) is -3.12. The quantitative estimate of drug-likeness (QED) is 0.104. The number of amides is 3. The number of carboxylic acid groups (broad SMARTS) is 3. The average Bonchev–Trinajstić information content (AvgIpc) is 3.05. The van der Waals surface area contributed by atoms with Crippen molar-refractivity contribution in [3.8, 4) is 0 Å².